The molecule has 3 aromatic rings. The van der Waals surface area contributed by atoms with Gasteiger partial charge in [0.1, 0.15) is 11.5 Å². The summed E-state index contributed by atoms with van der Waals surface area (Å²) in [5.74, 6) is 2.74. The molecule has 0 amide bonds. The highest BCUT2D eigenvalue weighted by molar-refractivity contribution is 5.26. The molecule has 2 aromatic heterocycles. The Morgan fingerprint density at radius 1 is 1.15 bits per heavy atom. The van der Waals surface area contributed by atoms with Gasteiger partial charge in [0.25, 0.3) is 5.95 Å². The lowest BCUT2D eigenvalue weighted by molar-refractivity contribution is 0.269. The fourth-order valence-corrected chi connectivity index (χ4v) is 3.81. The number of furan rings is 1. The van der Waals surface area contributed by atoms with E-state index < -0.39 is 0 Å². The van der Waals surface area contributed by atoms with Gasteiger partial charge in [-0.2, -0.15) is 0 Å². The second kappa shape index (κ2) is 8.37. The van der Waals surface area contributed by atoms with Crippen LogP contribution in [0.5, 0.6) is 11.7 Å². The molecule has 0 unspecified atom stereocenters. The summed E-state index contributed by atoms with van der Waals surface area (Å²) in [4.78, 5) is 6.71. The molecule has 140 valence electrons. The van der Waals surface area contributed by atoms with E-state index in [2.05, 4.69) is 28.3 Å². The highest BCUT2D eigenvalue weighted by Gasteiger charge is 2.32. The van der Waals surface area contributed by atoms with E-state index in [4.69, 9.17) is 9.15 Å². The van der Waals surface area contributed by atoms with Crippen LogP contribution in [-0.4, -0.2) is 30.0 Å². The van der Waals surface area contributed by atoms with Crippen LogP contribution in [0.1, 0.15) is 23.8 Å². The largest absolute Gasteiger partial charge is 0.429 e. The number of nitrogens with one attached hydrogen (secondary N) is 1. The first-order valence-electron chi connectivity index (χ1n) is 9.42. The molecule has 0 saturated carbocycles. The summed E-state index contributed by atoms with van der Waals surface area (Å²) in [6.07, 6.45) is 5.00. The monoisotopic (exact) mass is 363 g/mol. The molecule has 0 bridgehead atoms. The minimum atomic E-state index is 0.416. The Morgan fingerprint density at radius 3 is 2.85 bits per heavy atom. The van der Waals surface area contributed by atoms with Crippen LogP contribution >= 0.6 is 0 Å². The van der Waals surface area contributed by atoms with Gasteiger partial charge in [0.15, 0.2) is 0 Å². The van der Waals surface area contributed by atoms with Crippen LogP contribution in [0.4, 0.5) is 0 Å². The second-order valence-electron chi connectivity index (χ2n) is 7.03. The first-order valence-corrected chi connectivity index (χ1v) is 9.42. The summed E-state index contributed by atoms with van der Waals surface area (Å²) in [7, 11) is 2.19. The van der Waals surface area contributed by atoms with Gasteiger partial charge in [-0.05, 0) is 55.8 Å². The summed E-state index contributed by atoms with van der Waals surface area (Å²) >= 11 is 0. The second-order valence-corrected chi connectivity index (χ2v) is 7.03. The number of ether oxygens (including phenoxy) is 1. The Labute approximate surface area is 160 Å². The van der Waals surface area contributed by atoms with Gasteiger partial charge < -0.3 is 14.5 Å². The molecule has 2 atom stereocenters. The summed E-state index contributed by atoms with van der Waals surface area (Å²) in [6, 6.07) is 18.1. The Morgan fingerprint density at radius 2 is 2.04 bits per heavy atom. The molecular weight excluding hydrogens is 338 g/mol. The summed E-state index contributed by atoms with van der Waals surface area (Å²) in [5, 5.41) is 3.54. The van der Waals surface area contributed by atoms with Gasteiger partial charge in [-0.3, -0.25) is 9.88 Å². The van der Waals surface area contributed by atoms with Crippen LogP contribution < -0.4 is 10.1 Å². The first-order chi connectivity index (χ1) is 13.3. The van der Waals surface area contributed by atoms with E-state index in [1.54, 1.807) is 0 Å². The highest BCUT2D eigenvalue weighted by Crippen LogP contribution is 2.35. The molecule has 0 aliphatic carbocycles. The van der Waals surface area contributed by atoms with Crippen LogP contribution in [0.25, 0.3) is 0 Å². The van der Waals surface area contributed by atoms with Gasteiger partial charge in [-0.15, -0.1) is 0 Å². The number of hydrogen-bond acceptors (Lipinski definition) is 5. The standard InChI is InChI=1S/C22H25N3O2/c1-25-13-11-18(22(25)17-6-5-12-23-14-17)15-24-16-20-9-10-21(27-20)26-19-7-3-2-4-8-19/h2-10,12,14,18,22,24H,11,13,15-16H2,1H3/t18-,22-/m0/s1. The predicted molar refractivity (Wildman–Crippen MR) is 105 cm³/mol. The molecular formula is C22H25N3O2. The topological polar surface area (TPSA) is 50.5 Å². The van der Waals surface area contributed by atoms with Crippen LogP contribution in [0.2, 0.25) is 0 Å². The first kappa shape index (κ1) is 17.8. The lowest BCUT2D eigenvalue weighted by Gasteiger charge is -2.25. The third-order valence-corrected chi connectivity index (χ3v) is 5.10. The van der Waals surface area contributed by atoms with E-state index in [-0.39, 0.29) is 0 Å². The molecule has 4 rings (SSSR count). The maximum Gasteiger partial charge on any atom is 0.290 e. The molecule has 1 aromatic carbocycles. The number of para-hydroxylation sites is 1. The van der Waals surface area contributed by atoms with Crippen LogP contribution in [-0.2, 0) is 6.54 Å². The number of pyridine rings is 1. The van der Waals surface area contributed by atoms with Crippen molar-refractivity contribution in [3.05, 3.63) is 78.3 Å². The molecule has 1 fully saturated rings. The van der Waals surface area contributed by atoms with Crippen molar-refractivity contribution in [2.75, 3.05) is 20.1 Å². The van der Waals surface area contributed by atoms with Crippen LogP contribution in [0.15, 0.2) is 71.4 Å². The maximum absolute atomic E-state index is 5.78. The Hall–Kier alpha value is -2.63. The molecule has 0 radical (unpaired) electrons. The van der Waals surface area contributed by atoms with Crippen molar-refractivity contribution >= 4 is 0 Å². The fourth-order valence-electron chi connectivity index (χ4n) is 3.81. The highest BCUT2D eigenvalue weighted by atomic mass is 16.6. The molecule has 1 N–H and O–H groups in total. The van der Waals surface area contributed by atoms with Gasteiger partial charge in [-0.25, -0.2) is 0 Å². The van der Waals surface area contributed by atoms with Gasteiger partial charge in [-0.1, -0.05) is 24.3 Å². The minimum absolute atomic E-state index is 0.416. The molecule has 5 heteroatoms. The lowest BCUT2D eigenvalue weighted by atomic mass is 9.95. The number of nitrogens with zero attached hydrogens (tertiary/aromatic N) is 2. The van der Waals surface area contributed by atoms with Gasteiger partial charge in [0.2, 0.25) is 0 Å². The number of rotatable bonds is 7. The van der Waals surface area contributed by atoms with Gasteiger partial charge >= 0.3 is 0 Å². The average Bonchev–Trinajstić information content (AvgIpc) is 3.30. The Bertz CT molecular complexity index is 835. The van der Waals surface area contributed by atoms with Crippen molar-refractivity contribution in [1.82, 2.24) is 15.2 Å². The quantitative estimate of drug-likeness (QED) is 0.680. The molecule has 5 nitrogen and oxygen atoms in total. The zero-order valence-electron chi connectivity index (χ0n) is 15.5. The molecule has 1 saturated heterocycles. The van der Waals surface area contributed by atoms with Crippen molar-refractivity contribution in [3.8, 4) is 11.7 Å². The van der Waals surface area contributed by atoms with E-state index in [1.807, 2.05) is 60.9 Å². The van der Waals surface area contributed by atoms with Crippen molar-refractivity contribution in [1.29, 1.82) is 0 Å². The molecule has 3 heterocycles. The zero-order valence-corrected chi connectivity index (χ0v) is 15.5. The molecule has 1 aliphatic rings. The van der Waals surface area contributed by atoms with Crippen molar-refractivity contribution in [2.24, 2.45) is 5.92 Å². The van der Waals surface area contributed by atoms with E-state index in [0.717, 1.165) is 24.6 Å². The molecule has 1 aliphatic heterocycles. The SMILES string of the molecule is CN1CC[C@@H](CNCc2ccc(Oc3ccccc3)o2)[C@@H]1c1cccnc1. The third kappa shape index (κ3) is 4.38. The van der Waals surface area contributed by atoms with Gasteiger partial charge in [0, 0.05) is 31.0 Å². The van der Waals surface area contributed by atoms with Crippen LogP contribution in [0, 0.1) is 5.92 Å². The molecule has 0 spiro atoms. The third-order valence-electron chi connectivity index (χ3n) is 5.10. The molecule has 27 heavy (non-hydrogen) atoms. The number of benzene rings is 1. The number of aromatic nitrogens is 1. The number of likely N-dealkylation sites (tertiary alicyclic amines) is 1. The zero-order chi connectivity index (χ0) is 18.5. The Kier molecular flexibility index (Phi) is 5.51. The predicted octanol–water partition coefficient (Wildman–Crippen LogP) is 4.25. The normalized spacial score (nSPS) is 20.0. The lowest BCUT2D eigenvalue weighted by Crippen LogP contribution is -2.28. The van der Waals surface area contributed by atoms with E-state index >= 15 is 0 Å². The summed E-state index contributed by atoms with van der Waals surface area (Å²) in [5.41, 5.74) is 1.29. The number of hydrogen-bond donors (Lipinski definition) is 1. The van der Waals surface area contributed by atoms with Gasteiger partial charge in [0.05, 0.1) is 6.54 Å². The van der Waals surface area contributed by atoms with Crippen molar-refractivity contribution < 1.29 is 9.15 Å². The fraction of sp³-hybridized carbons (Fsp3) is 0.318. The average molecular weight is 363 g/mol. The smallest absolute Gasteiger partial charge is 0.290 e. The van der Waals surface area contributed by atoms with Crippen molar-refractivity contribution in [3.63, 3.8) is 0 Å². The van der Waals surface area contributed by atoms with Crippen molar-refractivity contribution in [2.45, 2.75) is 19.0 Å². The van der Waals surface area contributed by atoms with E-state index in [0.29, 0.717) is 24.5 Å². The summed E-state index contributed by atoms with van der Waals surface area (Å²) < 4.78 is 11.5. The summed E-state index contributed by atoms with van der Waals surface area (Å²) in [6.45, 7) is 2.75. The van der Waals surface area contributed by atoms with E-state index in [9.17, 15) is 0 Å². The minimum Gasteiger partial charge on any atom is -0.429 e. The van der Waals surface area contributed by atoms with Crippen LogP contribution in [0.3, 0.4) is 0 Å². The Balaban J connectivity index is 1.31. The maximum atomic E-state index is 5.78. The van der Waals surface area contributed by atoms with E-state index in [1.165, 1.54) is 12.0 Å².